The van der Waals surface area contributed by atoms with E-state index in [0.717, 1.165) is 93.5 Å². The monoisotopic (exact) mass is 713 g/mol. The van der Waals surface area contributed by atoms with E-state index in [0.29, 0.717) is 0 Å². The minimum atomic E-state index is 0.000453. The van der Waals surface area contributed by atoms with E-state index < -0.39 is 0 Å². The number of unbranched alkanes of at least 4 members (excludes halogenated alkanes) is 5. The first-order valence-corrected chi connectivity index (χ1v) is 19.2. The van der Waals surface area contributed by atoms with Crippen LogP contribution in [0.25, 0.3) is 27.8 Å². The van der Waals surface area contributed by atoms with Gasteiger partial charge in [0, 0.05) is 65.8 Å². The Kier molecular flexibility index (Phi) is 9.99. The summed E-state index contributed by atoms with van der Waals surface area (Å²) in [6.45, 7) is 6.23. The van der Waals surface area contributed by atoms with Gasteiger partial charge in [0.1, 0.15) is 11.0 Å². The predicted molar refractivity (Wildman–Crippen MR) is 226 cm³/mol. The van der Waals surface area contributed by atoms with Crippen molar-refractivity contribution in [3.63, 3.8) is 0 Å². The van der Waals surface area contributed by atoms with Crippen molar-refractivity contribution in [3.8, 4) is 5.69 Å². The zero-order chi connectivity index (χ0) is 37.0. The molecule has 0 radical (unpaired) electrons. The van der Waals surface area contributed by atoms with E-state index in [1.165, 1.54) is 42.5 Å². The van der Waals surface area contributed by atoms with E-state index in [9.17, 15) is 0 Å². The lowest BCUT2D eigenvalue weighted by molar-refractivity contribution is -0.538. The van der Waals surface area contributed by atoms with E-state index >= 15 is 0 Å². The van der Waals surface area contributed by atoms with Crippen molar-refractivity contribution in [1.82, 2.24) is 10.3 Å². The van der Waals surface area contributed by atoms with Gasteiger partial charge in [-0.3, -0.25) is 0 Å². The van der Waals surface area contributed by atoms with Gasteiger partial charge in [0.05, 0.1) is 23.1 Å². The molecule has 0 bridgehead atoms. The van der Waals surface area contributed by atoms with Crippen molar-refractivity contribution in [2.45, 2.75) is 58.4 Å². The molecule has 8 heteroatoms. The standard InChI is InChI=1S/C46H48N8/c1-31-25-41-45(53(35-15-9-7-10-16-35)43-27-33(47)19-21-37(43)51-41)29-39(31)49-23-13-5-3-4-6-14-24-50-40-30-46-42(26-32(40)2)52-38-22-20-34(48)28-44(38)54(46)36-17-11-8-12-18-36/h7-12,15-22,25-30,45,49H,3-6,13-14,23-24,47H2,1-2H3,(H2,48,50)/p+1. The number of benzene rings is 5. The van der Waals surface area contributed by atoms with E-state index in [4.69, 9.17) is 21.4 Å². The maximum atomic E-state index is 6.24. The lowest BCUT2D eigenvalue weighted by atomic mass is 9.94. The zero-order valence-corrected chi connectivity index (χ0v) is 31.2. The number of aliphatic imine (C=N–C) groups is 1. The maximum absolute atomic E-state index is 6.24. The molecule has 0 fully saturated rings. The summed E-state index contributed by atoms with van der Waals surface area (Å²) in [5, 5.41) is 7.48. The number of fused-ring (bicyclic) bond motifs is 4. The summed E-state index contributed by atoms with van der Waals surface area (Å²) in [6.07, 6.45) is 11.7. The second-order valence-corrected chi connectivity index (χ2v) is 14.5. The van der Waals surface area contributed by atoms with Crippen molar-refractivity contribution in [3.05, 3.63) is 138 Å². The largest absolute Gasteiger partial charge is 0.399 e. The summed E-state index contributed by atoms with van der Waals surface area (Å²) in [7, 11) is 0. The first-order chi connectivity index (χ1) is 26.4. The Labute approximate surface area is 317 Å². The van der Waals surface area contributed by atoms with Crippen LogP contribution in [0.1, 0.15) is 51.0 Å². The minimum absolute atomic E-state index is 0.000453. The Morgan fingerprint density at radius 2 is 1.35 bits per heavy atom. The molecule has 2 aliphatic rings. The molecule has 1 unspecified atom stereocenters. The molecule has 0 saturated heterocycles. The summed E-state index contributed by atoms with van der Waals surface area (Å²) in [5.41, 5.74) is 27.9. The minimum Gasteiger partial charge on any atom is -0.399 e. The summed E-state index contributed by atoms with van der Waals surface area (Å²) in [4.78, 5) is 12.4. The van der Waals surface area contributed by atoms with E-state index in [1.807, 2.05) is 42.5 Å². The molecule has 0 saturated carbocycles. The average molecular weight is 714 g/mol. The van der Waals surface area contributed by atoms with Crippen molar-refractivity contribution in [1.29, 1.82) is 0 Å². The molecular formula is C46H49N8+. The molecule has 6 aromatic rings. The van der Waals surface area contributed by atoms with Crippen LogP contribution in [0, 0.1) is 6.92 Å². The molecule has 2 heterocycles. The fourth-order valence-corrected chi connectivity index (χ4v) is 7.74. The van der Waals surface area contributed by atoms with Gasteiger partial charge in [-0.15, -0.1) is 4.57 Å². The van der Waals surface area contributed by atoms with Gasteiger partial charge in [-0.25, -0.2) is 9.98 Å². The smallest absolute Gasteiger partial charge is 0.239 e. The highest BCUT2D eigenvalue weighted by atomic mass is 15.2. The lowest BCUT2D eigenvalue weighted by Crippen LogP contribution is -2.41. The molecule has 272 valence electrons. The van der Waals surface area contributed by atoms with Gasteiger partial charge in [-0.05, 0) is 98.5 Å². The Hall–Kier alpha value is -6.15. The average Bonchev–Trinajstić information content (AvgIpc) is 3.18. The summed E-state index contributed by atoms with van der Waals surface area (Å²) >= 11 is 0. The molecule has 0 spiro atoms. The Balaban J connectivity index is 0.833. The van der Waals surface area contributed by atoms with Gasteiger partial charge in [0.15, 0.2) is 0 Å². The van der Waals surface area contributed by atoms with Crippen molar-refractivity contribution < 1.29 is 4.57 Å². The molecule has 1 aliphatic carbocycles. The molecule has 8 nitrogen and oxygen atoms in total. The number of anilines is 5. The number of rotatable bonds is 13. The zero-order valence-electron chi connectivity index (χ0n) is 31.2. The number of nitrogens with two attached hydrogens (primary N) is 2. The molecule has 1 atom stereocenters. The molecule has 8 rings (SSSR count). The number of hydrogen-bond donors (Lipinski definition) is 4. The highest BCUT2D eigenvalue weighted by Crippen LogP contribution is 2.43. The van der Waals surface area contributed by atoms with Crippen LogP contribution < -0.4 is 31.6 Å². The predicted octanol–water partition coefficient (Wildman–Crippen LogP) is 9.62. The number of hydrogen-bond acceptors (Lipinski definition) is 7. The van der Waals surface area contributed by atoms with Gasteiger partial charge in [0.25, 0.3) is 0 Å². The number of aryl methyl sites for hydroxylation is 1. The fourth-order valence-electron chi connectivity index (χ4n) is 7.74. The maximum Gasteiger partial charge on any atom is 0.239 e. The van der Waals surface area contributed by atoms with Crippen molar-refractivity contribution >= 4 is 61.9 Å². The molecular weight excluding hydrogens is 665 g/mol. The highest BCUT2D eigenvalue weighted by Gasteiger charge is 2.32. The summed E-state index contributed by atoms with van der Waals surface area (Å²) in [5.74, 6) is 0. The Bertz CT molecular complexity index is 2400. The van der Waals surface area contributed by atoms with Crippen LogP contribution in [0.5, 0.6) is 0 Å². The van der Waals surface area contributed by atoms with Crippen LogP contribution in [-0.4, -0.2) is 29.8 Å². The Morgan fingerprint density at radius 3 is 2.13 bits per heavy atom. The quantitative estimate of drug-likeness (QED) is 0.0411. The van der Waals surface area contributed by atoms with Crippen LogP contribution in [0.2, 0.25) is 0 Å². The number of nitrogens with zero attached hydrogens (tertiary/aromatic N) is 4. The second-order valence-electron chi connectivity index (χ2n) is 14.5. The third kappa shape index (κ3) is 7.24. The topological polar surface area (TPSA) is 108 Å². The number of aromatic nitrogens is 2. The molecule has 0 amide bonds. The third-order valence-electron chi connectivity index (χ3n) is 10.5. The first-order valence-electron chi connectivity index (χ1n) is 19.2. The van der Waals surface area contributed by atoms with Crippen molar-refractivity contribution in [2.75, 3.05) is 34.8 Å². The molecule has 1 aromatic heterocycles. The van der Waals surface area contributed by atoms with Gasteiger partial charge >= 0.3 is 0 Å². The second kappa shape index (κ2) is 15.4. The van der Waals surface area contributed by atoms with Gasteiger partial charge in [-0.1, -0.05) is 62.1 Å². The number of allylic oxidation sites excluding steroid dienone is 1. The van der Waals surface area contributed by atoms with E-state index in [1.54, 1.807) is 0 Å². The SMILES string of the molecule is CC1=CC2=Nc3ccc(N)cc3N(c3ccccc3)C2C=C1NCCCCCCCCNc1cc2c(cc1C)nc1ccc(N)cc1[n+]2-c1ccccc1. The summed E-state index contributed by atoms with van der Waals surface area (Å²) < 4.78 is 2.27. The lowest BCUT2D eigenvalue weighted by Gasteiger charge is -2.38. The third-order valence-corrected chi connectivity index (χ3v) is 10.5. The normalized spacial score (nSPS) is 15.0. The van der Waals surface area contributed by atoms with Gasteiger partial charge in [0.2, 0.25) is 16.7 Å². The first kappa shape index (κ1) is 34.9. The highest BCUT2D eigenvalue weighted by molar-refractivity contribution is 6.10. The molecule has 5 aromatic carbocycles. The molecule has 54 heavy (non-hydrogen) atoms. The summed E-state index contributed by atoms with van der Waals surface area (Å²) in [6, 6.07) is 37.3. The number of para-hydroxylation sites is 2. The van der Waals surface area contributed by atoms with Crippen LogP contribution in [-0.2, 0) is 0 Å². The van der Waals surface area contributed by atoms with Crippen molar-refractivity contribution in [2.24, 2.45) is 4.99 Å². The number of nitrogen functional groups attached to an aromatic ring is 2. The van der Waals surface area contributed by atoms with Gasteiger partial charge in [-0.2, -0.15) is 0 Å². The fraction of sp³-hybridized carbons (Fsp3) is 0.239. The van der Waals surface area contributed by atoms with Crippen LogP contribution in [0.4, 0.5) is 34.1 Å². The molecule has 6 N–H and O–H groups in total. The van der Waals surface area contributed by atoms with E-state index in [-0.39, 0.29) is 6.04 Å². The van der Waals surface area contributed by atoms with Crippen LogP contribution >= 0.6 is 0 Å². The molecule has 1 aliphatic heterocycles. The van der Waals surface area contributed by atoms with E-state index in [2.05, 4.69) is 113 Å². The van der Waals surface area contributed by atoms with Crippen LogP contribution in [0.15, 0.2) is 138 Å². The Morgan fingerprint density at radius 1 is 0.685 bits per heavy atom. The number of nitrogens with one attached hydrogen (secondary N) is 2. The van der Waals surface area contributed by atoms with Gasteiger partial charge < -0.3 is 27.0 Å². The van der Waals surface area contributed by atoms with Crippen LogP contribution in [0.3, 0.4) is 0 Å².